The predicted molar refractivity (Wildman–Crippen MR) is 103 cm³/mol. The third-order valence-corrected chi connectivity index (χ3v) is 4.55. The molecular weight excluding hydrogens is 312 g/mol. The van der Waals surface area contributed by atoms with Gasteiger partial charge in [-0.25, -0.2) is 4.98 Å². The SMILES string of the molecule is CC(C)(C)c1ccc2nc(-c3c(N)c4ccccc4[nH]c3=O)[nH]c2c1. The van der Waals surface area contributed by atoms with Crippen LogP contribution in [-0.2, 0) is 5.41 Å². The summed E-state index contributed by atoms with van der Waals surface area (Å²) in [6.07, 6.45) is 0. The second-order valence-corrected chi connectivity index (χ2v) is 7.36. The highest BCUT2D eigenvalue weighted by molar-refractivity contribution is 5.97. The topological polar surface area (TPSA) is 87.6 Å². The van der Waals surface area contributed by atoms with Gasteiger partial charge in [0.2, 0.25) is 0 Å². The first-order chi connectivity index (χ1) is 11.8. The Hall–Kier alpha value is -3.08. The Morgan fingerprint density at radius 2 is 1.76 bits per heavy atom. The number of benzene rings is 2. The molecule has 0 saturated carbocycles. The van der Waals surface area contributed by atoms with Crippen LogP contribution in [0.4, 0.5) is 5.69 Å². The number of nitrogens with two attached hydrogens (primary N) is 1. The Labute approximate surface area is 144 Å². The zero-order valence-electron chi connectivity index (χ0n) is 14.5. The van der Waals surface area contributed by atoms with Crippen LogP contribution in [0.25, 0.3) is 33.3 Å². The molecule has 5 nitrogen and oxygen atoms in total. The number of rotatable bonds is 1. The molecule has 0 atom stereocenters. The van der Waals surface area contributed by atoms with Crippen LogP contribution in [0.1, 0.15) is 26.3 Å². The van der Waals surface area contributed by atoms with E-state index >= 15 is 0 Å². The molecule has 0 bridgehead atoms. The first kappa shape index (κ1) is 15.4. The Balaban J connectivity index is 1.96. The van der Waals surface area contributed by atoms with Gasteiger partial charge < -0.3 is 15.7 Å². The molecule has 0 radical (unpaired) electrons. The number of aromatic nitrogens is 3. The van der Waals surface area contributed by atoms with Crippen molar-refractivity contribution >= 4 is 27.6 Å². The summed E-state index contributed by atoms with van der Waals surface area (Å²) >= 11 is 0. The van der Waals surface area contributed by atoms with E-state index in [-0.39, 0.29) is 11.0 Å². The van der Waals surface area contributed by atoms with Crippen LogP contribution in [-0.4, -0.2) is 15.0 Å². The standard InChI is InChI=1S/C20H20N4O/c1-20(2,3)11-8-9-14-15(10-11)23-18(22-14)16-17(21)12-6-4-5-7-13(12)24-19(16)25/h4-10H,1-3H3,(H,22,23)(H3,21,24,25). The van der Waals surface area contributed by atoms with Gasteiger partial charge in [-0.3, -0.25) is 4.79 Å². The Morgan fingerprint density at radius 3 is 2.52 bits per heavy atom. The molecular formula is C20H20N4O. The molecule has 0 aliphatic carbocycles. The van der Waals surface area contributed by atoms with Gasteiger partial charge in [0.15, 0.2) is 0 Å². The third-order valence-electron chi connectivity index (χ3n) is 4.55. The molecule has 0 amide bonds. The van der Waals surface area contributed by atoms with E-state index in [1.807, 2.05) is 30.3 Å². The third kappa shape index (κ3) is 2.48. The lowest BCUT2D eigenvalue weighted by Gasteiger charge is -2.18. The average molecular weight is 332 g/mol. The van der Waals surface area contributed by atoms with E-state index < -0.39 is 0 Å². The number of fused-ring (bicyclic) bond motifs is 2. The molecule has 2 aromatic carbocycles. The number of pyridine rings is 1. The van der Waals surface area contributed by atoms with Crippen LogP contribution >= 0.6 is 0 Å². The fourth-order valence-corrected chi connectivity index (χ4v) is 3.10. The normalized spacial score (nSPS) is 12.1. The molecule has 126 valence electrons. The molecule has 0 aliphatic heterocycles. The first-order valence-corrected chi connectivity index (χ1v) is 8.26. The maximum Gasteiger partial charge on any atom is 0.261 e. The molecule has 2 aromatic heterocycles. The van der Waals surface area contributed by atoms with Gasteiger partial charge in [-0.2, -0.15) is 0 Å². The minimum absolute atomic E-state index is 0.0406. The van der Waals surface area contributed by atoms with Gasteiger partial charge in [0.05, 0.1) is 22.2 Å². The molecule has 0 unspecified atom stereocenters. The van der Waals surface area contributed by atoms with Crippen molar-refractivity contribution in [3.63, 3.8) is 0 Å². The molecule has 0 fully saturated rings. The number of H-pyrrole nitrogens is 2. The summed E-state index contributed by atoms with van der Waals surface area (Å²) in [5, 5.41) is 0.813. The summed E-state index contributed by atoms with van der Waals surface area (Å²) in [4.78, 5) is 23.3. The second kappa shape index (κ2) is 5.21. The van der Waals surface area contributed by atoms with Crippen LogP contribution in [0.3, 0.4) is 0 Å². The second-order valence-electron chi connectivity index (χ2n) is 7.36. The summed E-state index contributed by atoms with van der Waals surface area (Å²) in [5.74, 6) is 0.491. The summed E-state index contributed by atoms with van der Waals surface area (Å²) in [6.45, 7) is 6.49. The highest BCUT2D eigenvalue weighted by Crippen LogP contribution is 2.30. The van der Waals surface area contributed by atoms with Gasteiger partial charge in [0.1, 0.15) is 11.4 Å². The number of hydrogen-bond donors (Lipinski definition) is 3. The first-order valence-electron chi connectivity index (χ1n) is 8.26. The Kier molecular flexibility index (Phi) is 3.22. The van der Waals surface area contributed by atoms with E-state index in [1.54, 1.807) is 0 Å². The average Bonchev–Trinajstić information content (AvgIpc) is 2.96. The maximum atomic E-state index is 12.6. The molecule has 0 aliphatic rings. The summed E-state index contributed by atoms with van der Waals surface area (Å²) in [5.41, 5.74) is 10.5. The number of anilines is 1. The number of imidazole rings is 1. The lowest BCUT2D eigenvalue weighted by atomic mass is 9.87. The van der Waals surface area contributed by atoms with Gasteiger partial charge in [-0.05, 0) is 29.2 Å². The highest BCUT2D eigenvalue weighted by atomic mass is 16.1. The van der Waals surface area contributed by atoms with Crippen molar-refractivity contribution in [3.8, 4) is 11.4 Å². The number of hydrogen-bond acceptors (Lipinski definition) is 3. The highest BCUT2D eigenvalue weighted by Gasteiger charge is 2.18. The molecule has 4 N–H and O–H groups in total. The van der Waals surface area contributed by atoms with Crippen molar-refractivity contribution < 1.29 is 0 Å². The molecule has 0 saturated heterocycles. The quantitative estimate of drug-likeness (QED) is 0.493. The van der Waals surface area contributed by atoms with E-state index in [9.17, 15) is 4.79 Å². The van der Waals surface area contributed by atoms with Gasteiger partial charge in [0.25, 0.3) is 5.56 Å². The van der Waals surface area contributed by atoms with Gasteiger partial charge >= 0.3 is 0 Å². The van der Waals surface area contributed by atoms with Crippen LogP contribution in [0.2, 0.25) is 0 Å². The molecule has 2 heterocycles. The minimum atomic E-state index is -0.244. The zero-order valence-corrected chi connectivity index (χ0v) is 14.5. The van der Waals surface area contributed by atoms with Crippen molar-refractivity contribution in [3.05, 3.63) is 58.4 Å². The number of nitrogens with zero attached hydrogens (tertiary/aromatic N) is 1. The van der Waals surface area contributed by atoms with E-state index in [2.05, 4.69) is 47.9 Å². The van der Waals surface area contributed by atoms with Gasteiger partial charge in [-0.1, -0.05) is 45.0 Å². The Morgan fingerprint density at radius 1 is 1.00 bits per heavy atom. The van der Waals surface area contributed by atoms with Crippen molar-refractivity contribution in [1.82, 2.24) is 15.0 Å². The van der Waals surface area contributed by atoms with Gasteiger partial charge in [0, 0.05) is 5.39 Å². The van der Waals surface area contributed by atoms with Gasteiger partial charge in [-0.15, -0.1) is 0 Å². The predicted octanol–water partition coefficient (Wildman–Crippen LogP) is 3.95. The number of para-hydroxylation sites is 1. The number of aromatic amines is 2. The summed E-state index contributed by atoms with van der Waals surface area (Å²) < 4.78 is 0. The molecule has 25 heavy (non-hydrogen) atoms. The molecule has 5 heteroatoms. The van der Waals surface area contributed by atoms with Crippen molar-refractivity contribution in [2.45, 2.75) is 26.2 Å². The van der Waals surface area contributed by atoms with Crippen molar-refractivity contribution in [2.75, 3.05) is 5.73 Å². The van der Waals surface area contributed by atoms with Crippen LogP contribution in [0.5, 0.6) is 0 Å². The number of nitrogens with one attached hydrogen (secondary N) is 2. The van der Waals surface area contributed by atoms with Crippen molar-refractivity contribution in [1.29, 1.82) is 0 Å². The maximum absolute atomic E-state index is 12.6. The fourth-order valence-electron chi connectivity index (χ4n) is 3.10. The van der Waals surface area contributed by atoms with Crippen LogP contribution < -0.4 is 11.3 Å². The lowest BCUT2D eigenvalue weighted by molar-refractivity contribution is 0.591. The lowest BCUT2D eigenvalue weighted by Crippen LogP contribution is -2.13. The fraction of sp³-hybridized carbons (Fsp3) is 0.200. The smallest absolute Gasteiger partial charge is 0.261 e. The Bertz CT molecular complexity index is 1160. The molecule has 4 rings (SSSR count). The summed E-state index contributed by atoms with van der Waals surface area (Å²) in [7, 11) is 0. The zero-order chi connectivity index (χ0) is 17.8. The van der Waals surface area contributed by atoms with Crippen LogP contribution in [0, 0.1) is 0 Å². The molecule has 4 aromatic rings. The van der Waals surface area contributed by atoms with E-state index in [1.165, 1.54) is 5.56 Å². The largest absolute Gasteiger partial charge is 0.397 e. The van der Waals surface area contributed by atoms with E-state index in [0.717, 1.165) is 21.9 Å². The summed E-state index contributed by atoms with van der Waals surface area (Å²) in [6, 6.07) is 13.6. The van der Waals surface area contributed by atoms with Crippen LogP contribution in [0.15, 0.2) is 47.3 Å². The number of nitrogen functional groups attached to an aromatic ring is 1. The van der Waals surface area contributed by atoms with E-state index in [0.29, 0.717) is 17.1 Å². The van der Waals surface area contributed by atoms with E-state index in [4.69, 9.17) is 5.73 Å². The van der Waals surface area contributed by atoms with Crippen molar-refractivity contribution in [2.24, 2.45) is 0 Å². The molecule has 0 spiro atoms. The monoisotopic (exact) mass is 332 g/mol. The minimum Gasteiger partial charge on any atom is -0.397 e.